The van der Waals surface area contributed by atoms with Crippen molar-refractivity contribution in [3.63, 3.8) is 0 Å². The minimum absolute atomic E-state index is 0.0166. The number of morpholine rings is 1. The van der Waals surface area contributed by atoms with Gasteiger partial charge in [-0.2, -0.15) is 5.10 Å². The molecule has 0 bridgehead atoms. The van der Waals surface area contributed by atoms with Crippen LogP contribution in [0.25, 0.3) is 10.6 Å². The molecule has 1 fully saturated rings. The van der Waals surface area contributed by atoms with Crippen LogP contribution in [0.5, 0.6) is 0 Å². The lowest BCUT2D eigenvalue weighted by Gasteiger charge is -2.34. The maximum Gasteiger partial charge on any atom is 0.193 e. The Kier molecular flexibility index (Phi) is 6.21. The molecule has 3 heterocycles. The topological polar surface area (TPSA) is 67.6 Å². The molecule has 0 spiro atoms. The second kappa shape index (κ2) is 9.19. The number of hydrogen-bond acceptors (Lipinski definition) is 5. The van der Waals surface area contributed by atoms with Crippen molar-refractivity contribution in [1.29, 1.82) is 0 Å². The number of nitrogens with zero attached hydrogens (tertiary/aromatic N) is 5. The van der Waals surface area contributed by atoms with Crippen LogP contribution in [-0.4, -0.2) is 58.9 Å². The van der Waals surface area contributed by atoms with Crippen LogP contribution < -0.4 is 5.32 Å². The van der Waals surface area contributed by atoms with Gasteiger partial charge in [0.25, 0.3) is 0 Å². The van der Waals surface area contributed by atoms with Gasteiger partial charge in [-0.3, -0.25) is 9.67 Å². The van der Waals surface area contributed by atoms with Gasteiger partial charge in [-0.1, -0.05) is 30.3 Å². The van der Waals surface area contributed by atoms with E-state index in [2.05, 4.69) is 37.8 Å². The Balaban J connectivity index is 1.31. The number of benzene rings is 1. The lowest BCUT2D eigenvalue weighted by atomic mass is 10.1. The third kappa shape index (κ3) is 4.83. The predicted octanol–water partition coefficient (Wildman–Crippen LogP) is 2.74. The van der Waals surface area contributed by atoms with E-state index < -0.39 is 0 Å². The fraction of sp³-hybridized carbons (Fsp3) is 0.381. The van der Waals surface area contributed by atoms with Crippen molar-refractivity contribution in [1.82, 2.24) is 25.0 Å². The zero-order chi connectivity index (χ0) is 20.1. The number of ether oxygens (including phenoxy) is 1. The Morgan fingerprint density at radius 2 is 2.21 bits per heavy atom. The van der Waals surface area contributed by atoms with Crippen LogP contribution >= 0.6 is 11.3 Å². The van der Waals surface area contributed by atoms with E-state index in [0.29, 0.717) is 6.61 Å². The minimum atomic E-state index is 0.0166. The van der Waals surface area contributed by atoms with Crippen molar-refractivity contribution in [3.05, 3.63) is 59.4 Å². The molecule has 8 heteroatoms. The summed E-state index contributed by atoms with van der Waals surface area (Å²) in [6.07, 6.45) is 4.76. The highest BCUT2D eigenvalue weighted by Crippen LogP contribution is 2.24. The highest BCUT2D eigenvalue weighted by Gasteiger charge is 2.25. The summed E-state index contributed by atoms with van der Waals surface area (Å²) in [6, 6.07) is 10.3. The molecule has 4 rings (SSSR count). The second-order valence-electron chi connectivity index (χ2n) is 6.99. The minimum Gasteiger partial charge on any atom is -0.370 e. The number of aromatic nitrogens is 3. The number of rotatable bonds is 5. The summed E-state index contributed by atoms with van der Waals surface area (Å²) in [6.45, 7) is 3.05. The first-order valence-electron chi connectivity index (χ1n) is 9.78. The summed E-state index contributed by atoms with van der Waals surface area (Å²) in [5, 5.41) is 10.9. The molecule has 0 radical (unpaired) electrons. The average Bonchev–Trinajstić information content (AvgIpc) is 3.41. The molecule has 1 aliphatic rings. The van der Waals surface area contributed by atoms with Crippen molar-refractivity contribution in [3.8, 4) is 10.6 Å². The van der Waals surface area contributed by atoms with Crippen molar-refractivity contribution in [2.45, 2.75) is 12.5 Å². The van der Waals surface area contributed by atoms with Gasteiger partial charge in [0, 0.05) is 56.3 Å². The van der Waals surface area contributed by atoms with E-state index in [9.17, 15) is 0 Å². The quantitative estimate of drug-likeness (QED) is 0.517. The van der Waals surface area contributed by atoms with Crippen molar-refractivity contribution in [2.75, 3.05) is 33.3 Å². The van der Waals surface area contributed by atoms with Crippen LogP contribution in [0, 0.1) is 0 Å². The Morgan fingerprint density at radius 3 is 2.97 bits per heavy atom. The van der Waals surface area contributed by atoms with Gasteiger partial charge in [-0.25, -0.2) is 4.98 Å². The number of nitrogens with one attached hydrogen (secondary N) is 1. The first-order valence-corrected chi connectivity index (χ1v) is 10.7. The molecule has 29 heavy (non-hydrogen) atoms. The van der Waals surface area contributed by atoms with E-state index in [1.54, 1.807) is 11.3 Å². The Labute approximate surface area is 175 Å². The number of hydrogen-bond donors (Lipinski definition) is 1. The summed E-state index contributed by atoms with van der Waals surface area (Å²) >= 11 is 1.69. The van der Waals surface area contributed by atoms with Gasteiger partial charge in [0.1, 0.15) is 11.1 Å². The van der Waals surface area contributed by atoms with Crippen LogP contribution in [0.15, 0.2) is 53.1 Å². The van der Waals surface area contributed by atoms with Crippen LogP contribution in [0.1, 0.15) is 17.4 Å². The maximum absolute atomic E-state index is 5.93. The van der Waals surface area contributed by atoms with Gasteiger partial charge in [-0.15, -0.1) is 11.3 Å². The van der Waals surface area contributed by atoms with Gasteiger partial charge in [0.15, 0.2) is 5.96 Å². The lowest BCUT2D eigenvalue weighted by molar-refractivity contribution is -0.00801. The SMILES string of the molecule is CN=C(NCCc1csc(-c2ccccc2)n1)N1CCOC(c2cnn(C)c2)C1. The Bertz CT molecular complexity index is 951. The smallest absolute Gasteiger partial charge is 0.193 e. The van der Waals surface area contributed by atoms with E-state index in [4.69, 9.17) is 9.72 Å². The largest absolute Gasteiger partial charge is 0.370 e. The lowest BCUT2D eigenvalue weighted by Crippen LogP contribution is -2.48. The molecular weight excluding hydrogens is 384 g/mol. The summed E-state index contributed by atoms with van der Waals surface area (Å²) in [7, 11) is 3.75. The molecule has 0 amide bonds. The molecule has 1 atom stereocenters. The highest BCUT2D eigenvalue weighted by atomic mass is 32.1. The predicted molar refractivity (Wildman–Crippen MR) is 116 cm³/mol. The molecule has 0 saturated carbocycles. The number of guanidine groups is 1. The fourth-order valence-electron chi connectivity index (χ4n) is 3.42. The van der Waals surface area contributed by atoms with Gasteiger partial charge < -0.3 is 15.0 Å². The first kappa shape index (κ1) is 19.6. The number of aryl methyl sites for hydroxylation is 1. The normalized spacial score (nSPS) is 17.5. The van der Waals surface area contributed by atoms with Crippen molar-refractivity contribution >= 4 is 17.3 Å². The van der Waals surface area contributed by atoms with E-state index in [0.717, 1.165) is 48.3 Å². The maximum atomic E-state index is 5.93. The fourth-order valence-corrected chi connectivity index (χ4v) is 4.28. The third-order valence-corrected chi connectivity index (χ3v) is 5.85. The summed E-state index contributed by atoms with van der Waals surface area (Å²) in [5.74, 6) is 0.903. The van der Waals surface area contributed by atoms with E-state index >= 15 is 0 Å². The molecule has 0 aliphatic carbocycles. The molecule has 1 aromatic carbocycles. The summed E-state index contributed by atoms with van der Waals surface area (Å²) in [5.41, 5.74) is 3.37. The van der Waals surface area contributed by atoms with Gasteiger partial charge in [0.2, 0.25) is 0 Å². The van der Waals surface area contributed by atoms with Gasteiger partial charge >= 0.3 is 0 Å². The molecule has 152 valence electrons. The molecule has 2 aromatic heterocycles. The summed E-state index contributed by atoms with van der Waals surface area (Å²) in [4.78, 5) is 11.5. The monoisotopic (exact) mass is 410 g/mol. The molecule has 1 N–H and O–H groups in total. The average molecular weight is 411 g/mol. The summed E-state index contributed by atoms with van der Waals surface area (Å²) < 4.78 is 7.74. The Hall–Kier alpha value is -2.71. The zero-order valence-corrected chi connectivity index (χ0v) is 17.6. The second-order valence-corrected chi connectivity index (χ2v) is 7.84. The van der Waals surface area contributed by atoms with Gasteiger partial charge in [-0.05, 0) is 0 Å². The highest BCUT2D eigenvalue weighted by molar-refractivity contribution is 7.13. The zero-order valence-electron chi connectivity index (χ0n) is 16.8. The molecule has 1 saturated heterocycles. The third-order valence-electron chi connectivity index (χ3n) is 4.91. The molecule has 1 unspecified atom stereocenters. The standard InChI is InChI=1S/C21H26N6OS/c1-22-21(27-10-11-28-19(14-27)17-12-24-26(2)13-17)23-9-8-18-15-29-20(25-18)16-6-4-3-5-7-16/h3-7,12-13,15,19H,8-11,14H2,1-2H3,(H,22,23). The molecular formula is C21H26N6OS. The molecule has 1 aliphatic heterocycles. The van der Waals surface area contributed by atoms with Gasteiger partial charge in [0.05, 0.1) is 25.0 Å². The first-order chi connectivity index (χ1) is 14.2. The van der Waals surface area contributed by atoms with E-state index in [1.165, 1.54) is 5.56 Å². The van der Waals surface area contributed by atoms with Crippen molar-refractivity contribution < 1.29 is 4.74 Å². The van der Waals surface area contributed by atoms with Crippen LogP contribution in [0.4, 0.5) is 0 Å². The van der Waals surface area contributed by atoms with E-state index in [-0.39, 0.29) is 6.10 Å². The number of aliphatic imine (C=N–C) groups is 1. The van der Waals surface area contributed by atoms with Crippen LogP contribution in [0.3, 0.4) is 0 Å². The van der Waals surface area contributed by atoms with Crippen LogP contribution in [0.2, 0.25) is 0 Å². The molecule has 7 nitrogen and oxygen atoms in total. The molecule has 3 aromatic rings. The van der Waals surface area contributed by atoms with E-state index in [1.807, 2.05) is 49.4 Å². The Morgan fingerprint density at radius 1 is 1.34 bits per heavy atom. The van der Waals surface area contributed by atoms with Crippen molar-refractivity contribution in [2.24, 2.45) is 12.0 Å². The van der Waals surface area contributed by atoms with Crippen LogP contribution in [-0.2, 0) is 18.2 Å². The number of thiazole rings is 1.